The summed E-state index contributed by atoms with van der Waals surface area (Å²) in [7, 11) is 0. The number of pyridine rings is 1. The van der Waals surface area contributed by atoms with Crippen molar-refractivity contribution in [3.05, 3.63) is 29.5 Å². The summed E-state index contributed by atoms with van der Waals surface area (Å²) in [5, 5.41) is 17.0. The van der Waals surface area contributed by atoms with Gasteiger partial charge in [0.2, 0.25) is 0 Å². The molecule has 4 heterocycles. The Morgan fingerprint density at radius 3 is 2.67 bits per heavy atom. The van der Waals surface area contributed by atoms with Gasteiger partial charge in [-0.1, -0.05) is 0 Å². The minimum atomic E-state index is -3.00. The Balaban J connectivity index is 1.34. The molecule has 2 aliphatic rings. The molecule has 4 N–H and O–H groups in total. The zero-order valence-electron chi connectivity index (χ0n) is 19.9. The van der Waals surface area contributed by atoms with Gasteiger partial charge in [-0.05, 0) is 37.7 Å². The average Bonchev–Trinajstić information content (AvgIpc) is 3.59. The second kappa shape index (κ2) is 9.40. The van der Waals surface area contributed by atoms with Gasteiger partial charge >= 0.3 is 0 Å². The molecule has 9 nitrogen and oxygen atoms in total. The molecule has 0 aromatic carbocycles. The van der Waals surface area contributed by atoms with Crippen LogP contribution in [0.1, 0.15) is 36.4 Å². The fourth-order valence-corrected chi connectivity index (χ4v) is 6.07. The summed E-state index contributed by atoms with van der Waals surface area (Å²) in [6, 6.07) is 2.11. The average molecular weight is 519 g/mol. The van der Waals surface area contributed by atoms with E-state index in [0.29, 0.717) is 35.6 Å². The highest BCUT2D eigenvalue weighted by molar-refractivity contribution is 7.17. The molecule has 3 aromatic rings. The van der Waals surface area contributed by atoms with E-state index in [1.54, 1.807) is 17.3 Å². The number of H-pyrrole nitrogens is 1. The molecule has 0 radical (unpaired) electrons. The normalized spacial score (nSPS) is 22.6. The number of aliphatic hydroxyl groups is 1. The standard InChI is InChI=1S/C24H28F2N6O3S/c1-12(33)23(35)32-9-13-5-15(6-14(13)10-32)31-19-16-3-4-27-20(16)28-7-17(19)22-29-8-18(36-22)21(34)30-11-24(2,25)26/h3-4,7-8,12-15,33H,5-6,9-11H2,1-2H3,(H,30,34)(H2,27,28,31)/t12-,13-,14+,15?/m0/s1. The molecule has 192 valence electrons. The van der Waals surface area contributed by atoms with Gasteiger partial charge in [-0.3, -0.25) is 9.59 Å². The Morgan fingerprint density at radius 2 is 2.00 bits per heavy atom. The summed E-state index contributed by atoms with van der Waals surface area (Å²) in [5.41, 5.74) is 2.30. The smallest absolute Gasteiger partial charge is 0.263 e. The van der Waals surface area contributed by atoms with Crippen LogP contribution in [0.4, 0.5) is 14.5 Å². The number of aromatic amines is 1. The van der Waals surface area contributed by atoms with Crippen LogP contribution in [0.25, 0.3) is 21.6 Å². The number of fused-ring (bicyclic) bond motifs is 2. The Kier molecular flexibility index (Phi) is 6.41. The lowest BCUT2D eigenvalue weighted by Gasteiger charge is -2.22. The van der Waals surface area contributed by atoms with Crippen LogP contribution in [-0.4, -0.2) is 74.5 Å². The van der Waals surface area contributed by atoms with Crippen LogP contribution in [0.3, 0.4) is 0 Å². The molecule has 1 aliphatic heterocycles. The van der Waals surface area contributed by atoms with Crippen LogP contribution in [-0.2, 0) is 4.79 Å². The van der Waals surface area contributed by atoms with E-state index < -0.39 is 24.5 Å². The van der Waals surface area contributed by atoms with E-state index in [2.05, 4.69) is 25.6 Å². The quantitative estimate of drug-likeness (QED) is 0.381. The Labute approximate surface area is 210 Å². The van der Waals surface area contributed by atoms with Crippen molar-refractivity contribution in [2.75, 3.05) is 25.0 Å². The third-order valence-electron chi connectivity index (χ3n) is 6.87. The predicted molar refractivity (Wildman–Crippen MR) is 132 cm³/mol. The van der Waals surface area contributed by atoms with E-state index in [4.69, 9.17) is 0 Å². The number of aliphatic hydroxyl groups excluding tert-OH is 1. The summed E-state index contributed by atoms with van der Waals surface area (Å²) in [6.45, 7) is 2.81. The molecule has 1 unspecified atom stereocenters. The molecular weight excluding hydrogens is 490 g/mol. The molecule has 1 saturated carbocycles. The number of amides is 2. The topological polar surface area (TPSA) is 123 Å². The SMILES string of the molecule is C[C@H](O)C(=O)N1C[C@H]2CC(Nc3c(-c4ncc(C(=O)NCC(C)(F)F)s4)cnc4[nH]ccc34)C[C@H]2C1. The van der Waals surface area contributed by atoms with Gasteiger partial charge < -0.3 is 25.6 Å². The van der Waals surface area contributed by atoms with Crippen LogP contribution in [0, 0.1) is 11.8 Å². The van der Waals surface area contributed by atoms with Crippen molar-refractivity contribution >= 4 is 39.9 Å². The highest BCUT2D eigenvalue weighted by Gasteiger charge is 2.43. The summed E-state index contributed by atoms with van der Waals surface area (Å²) < 4.78 is 26.3. The number of nitrogens with one attached hydrogen (secondary N) is 3. The van der Waals surface area contributed by atoms with Crippen LogP contribution < -0.4 is 10.6 Å². The molecule has 1 aliphatic carbocycles. The van der Waals surface area contributed by atoms with Crippen molar-refractivity contribution in [2.45, 2.75) is 44.8 Å². The Morgan fingerprint density at radius 1 is 1.28 bits per heavy atom. The highest BCUT2D eigenvalue weighted by atomic mass is 32.1. The molecular formula is C24H28F2N6O3S. The highest BCUT2D eigenvalue weighted by Crippen LogP contribution is 2.42. The number of hydrogen-bond donors (Lipinski definition) is 4. The van der Waals surface area contributed by atoms with E-state index in [1.807, 2.05) is 6.07 Å². The maximum atomic E-state index is 13.1. The number of thiazole rings is 1. The summed E-state index contributed by atoms with van der Waals surface area (Å²) in [6.07, 6.45) is 5.68. The zero-order valence-corrected chi connectivity index (χ0v) is 20.7. The van der Waals surface area contributed by atoms with E-state index in [9.17, 15) is 23.5 Å². The fraction of sp³-hybridized carbons (Fsp3) is 0.500. The van der Waals surface area contributed by atoms with Crippen LogP contribution in [0.5, 0.6) is 0 Å². The molecule has 3 aromatic heterocycles. The molecule has 1 saturated heterocycles. The maximum absolute atomic E-state index is 13.1. The fourth-order valence-electron chi connectivity index (χ4n) is 5.22. The van der Waals surface area contributed by atoms with Crippen LogP contribution in [0.2, 0.25) is 0 Å². The monoisotopic (exact) mass is 518 g/mol. The van der Waals surface area contributed by atoms with Crippen molar-refractivity contribution in [1.29, 1.82) is 0 Å². The third kappa shape index (κ3) is 4.92. The van der Waals surface area contributed by atoms with Gasteiger partial charge in [-0.2, -0.15) is 0 Å². The van der Waals surface area contributed by atoms with Crippen LogP contribution in [0.15, 0.2) is 24.7 Å². The van der Waals surface area contributed by atoms with Gasteiger partial charge in [-0.15, -0.1) is 11.3 Å². The number of carbonyl (C=O) groups excluding carboxylic acids is 2. The van der Waals surface area contributed by atoms with Crippen molar-refractivity contribution in [3.8, 4) is 10.6 Å². The van der Waals surface area contributed by atoms with Gasteiger partial charge in [0.05, 0.1) is 24.0 Å². The number of nitrogens with zero attached hydrogens (tertiary/aromatic N) is 3. The van der Waals surface area contributed by atoms with Crippen molar-refractivity contribution in [1.82, 2.24) is 25.2 Å². The van der Waals surface area contributed by atoms with E-state index in [-0.39, 0.29) is 16.8 Å². The first-order valence-corrected chi connectivity index (χ1v) is 12.7. The molecule has 4 atom stereocenters. The number of alkyl halides is 2. The molecule has 12 heteroatoms. The molecule has 2 fully saturated rings. The van der Waals surface area contributed by atoms with E-state index in [0.717, 1.165) is 47.7 Å². The minimum absolute atomic E-state index is 0.178. The first-order valence-electron chi connectivity index (χ1n) is 11.9. The molecule has 36 heavy (non-hydrogen) atoms. The summed E-state index contributed by atoms with van der Waals surface area (Å²) in [4.78, 5) is 38.5. The lowest BCUT2D eigenvalue weighted by atomic mass is 10.0. The van der Waals surface area contributed by atoms with Gasteiger partial charge in [0.15, 0.2) is 0 Å². The number of likely N-dealkylation sites (tertiary alicyclic amines) is 1. The molecule has 0 spiro atoms. The Bertz CT molecular complexity index is 1270. The number of aromatic nitrogens is 3. The largest absolute Gasteiger partial charge is 0.384 e. The summed E-state index contributed by atoms with van der Waals surface area (Å²) >= 11 is 1.12. The predicted octanol–water partition coefficient (Wildman–Crippen LogP) is 3.10. The van der Waals surface area contributed by atoms with Crippen LogP contribution >= 0.6 is 11.3 Å². The number of halogens is 2. The number of carbonyl (C=O) groups is 2. The third-order valence-corrected chi connectivity index (χ3v) is 7.90. The Hall–Kier alpha value is -3.12. The maximum Gasteiger partial charge on any atom is 0.263 e. The molecule has 0 bridgehead atoms. The van der Waals surface area contributed by atoms with Gasteiger partial charge in [0.25, 0.3) is 17.7 Å². The first-order chi connectivity index (χ1) is 17.1. The minimum Gasteiger partial charge on any atom is -0.384 e. The van der Waals surface area contributed by atoms with Gasteiger partial charge in [-0.25, -0.2) is 18.7 Å². The van der Waals surface area contributed by atoms with E-state index >= 15 is 0 Å². The first kappa shape index (κ1) is 24.6. The summed E-state index contributed by atoms with van der Waals surface area (Å²) in [5.74, 6) is -3.08. The van der Waals surface area contributed by atoms with Crippen molar-refractivity contribution < 1.29 is 23.5 Å². The van der Waals surface area contributed by atoms with E-state index in [1.165, 1.54) is 13.1 Å². The second-order valence-corrected chi connectivity index (χ2v) is 10.9. The number of anilines is 1. The number of rotatable bonds is 7. The van der Waals surface area contributed by atoms with Gasteiger partial charge in [0, 0.05) is 43.8 Å². The van der Waals surface area contributed by atoms with Crippen molar-refractivity contribution in [2.24, 2.45) is 11.8 Å². The lowest BCUT2D eigenvalue weighted by Crippen LogP contribution is -2.37. The van der Waals surface area contributed by atoms with Gasteiger partial charge in [0.1, 0.15) is 21.6 Å². The zero-order chi connectivity index (χ0) is 25.6. The lowest BCUT2D eigenvalue weighted by molar-refractivity contribution is -0.138. The second-order valence-electron chi connectivity index (χ2n) is 9.82. The molecule has 5 rings (SSSR count). The molecule has 2 amide bonds. The van der Waals surface area contributed by atoms with Crippen molar-refractivity contribution in [3.63, 3.8) is 0 Å². The number of hydrogen-bond acceptors (Lipinski definition) is 7.